The number of carbonyl (C=O) groups excluding carboxylic acids is 1. The monoisotopic (exact) mass is 266 g/mol. The van der Waals surface area contributed by atoms with E-state index in [0.717, 1.165) is 18.2 Å². The Morgan fingerprint density at radius 2 is 1.79 bits per heavy atom. The number of carbonyl (C=O) groups is 1. The third kappa shape index (κ3) is 2.67. The van der Waals surface area contributed by atoms with Crippen molar-refractivity contribution in [3.8, 4) is 0 Å². The summed E-state index contributed by atoms with van der Waals surface area (Å²) in [4.78, 5) is 11.8. The molecule has 0 saturated carbocycles. The summed E-state index contributed by atoms with van der Waals surface area (Å²) < 4.78 is 39.5. The Hall–Kier alpha value is -2.50. The van der Waals surface area contributed by atoms with E-state index in [1.165, 1.54) is 12.1 Å². The molecular formula is C13H9F3N2O. The molecule has 3 nitrogen and oxygen atoms in total. The summed E-state index contributed by atoms with van der Waals surface area (Å²) >= 11 is 0. The van der Waals surface area contributed by atoms with Crippen molar-refractivity contribution in [1.82, 2.24) is 0 Å². The number of nitrogen functional groups attached to an aromatic ring is 1. The fraction of sp³-hybridized carbons (Fsp3) is 0. The van der Waals surface area contributed by atoms with Gasteiger partial charge in [-0.1, -0.05) is 6.07 Å². The first-order valence-electron chi connectivity index (χ1n) is 5.29. The summed E-state index contributed by atoms with van der Waals surface area (Å²) in [5.74, 6) is -3.49. The van der Waals surface area contributed by atoms with Crippen LogP contribution in [0, 0.1) is 17.5 Å². The Labute approximate surface area is 106 Å². The summed E-state index contributed by atoms with van der Waals surface area (Å²) in [5.41, 5.74) is 4.87. The highest BCUT2D eigenvalue weighted by Crippen LogP contribution is 2.23. The zero-order chi connectivity index (χ0) is 14.0. The van der Waals surface area contributed by atoms with Crippen LogP contribution in [-0.2, 0) is 0 Å². The maximum Gasteiger partial charge on any atom is 0.258 e. The first-order chi connectivity index (χ1) is 8.99. The van der Waals surface area contributed by atoms with Crippen LogP contribution in [0.3, 0.4) is 0 Å². The number of halogens is 3. The Morgan fingerprint density at radius 1 is 1.05 bits per heavy atom. The van der Waals surface area contributed by atoms with Crippen molar-refractivity contribution in [3.63, 3.8) is 0 Å². The second kappa shape index (κ2) is 5.01. The predicted octanol–water partition coefficient (Wildman–Crippen LogP) is 2.94. The number of rotatable bonds is 2. The molecule has 2 rings (SSSR count). The molecule has 0 spiro atoms. The van der Waals surface area contributed by atoms with Crippen LogP contribution in [0.15, 0.2) is 36.4 Å². The van der Waals surface area contributed by atoms with Gasteiger partial charge in [-0.25, -0.2) is 13.2 Å². The number of hydrogen-bond donors (Lipinski definition) is 2. The average molecular weight is 266 g/mol. The molecule has 0 radical (unpaired) electrons. The first-order valence-corrected chi connectivity index (χ1v) is 5.29. The van der Waals surface area contributed by atoms with E-state index in [1.807, 2.05) is 0 Å². The summed E-state index contributed by atoms with van der Waals surface area (Å²) in [6, 6.07) is 6.34. The molecule has 1 amide bonds. The van der Waals surface area contributed by atoms with Gasteiger partial charge in [0.2, 0.25) is 0 Å². The number of benzene rings is 2. The van der Waals surface area contributed by atoms with Crippen molar-refractivity contribution in [1.29, 1.82) is 0 Å². The van der Waals surface area contributed by atoms with Crippen LogP contribution in [0.25, 0.3) is 0 Å². The van der Waals surface area contributed by atoms with Gasteiger partial charge < -0.3 is 11.1 Å². The number of nitrogens with two attached hydrogens (primary N) is 1. The number of anilines is 2. The quantitative estimate of drug-likeness (QED) is 0.821. The van der Waals surface area contributed by atoms with E-state index in [1.54, 1.807) is 0 Å². The topological polar surface area (TPSA) is 55.1 Å². The van der Waals surface area contributed by atoms with Gasteiger partial charge >= 0.3 is 0 Å². The van der Waals surface area contributed by atoms with Crippen LogP contribution in [0.4, 0.5) is 24.5 Å². The minimum atomic E-state index is -1.03. The molecule has 0 aliphatic rings. The van der Waals surface area contributed by atoms with E-state index in [9.17, 15) is 18.0 Å². The molecular weight excluding hydrogens is 257 g/mol. The van der Waals surface area contributed by atoms with E-state index in [0.29, 0.717) is 6.07 Å². The van der Waals surface area contributed by atoms with Crippen LogP contribution >= 0.6 is 0 Å². The maximum absolute atomic E-state index is 13.4. The number of para-hydroxylation sites is 1. The molecule has 3 N–H and O–H groups in total. The van der Waals surface area contributed by atoms with E-state index >= 15 is 0 Å². The molecule has 0 unspecified atom stereocenters. The van der Waals surface area contributed by atoms with Crippen LogP contribution in [0.5, 0.6) is 0 Å². The van der Waals surface area contributed by atoms with Crippen LogP contribution in [0.2, 0.25) is 0 Å². The molecule has 19 heavy (non-hydrogen) atoms. The Bertz CT molecular complexity index is 624. The SMILES string of the molecule is Nc1cccc(F)c1NC(=O)c1ccc(F)cc1F. The van der Waals surface area contributed by atoms with E-state index in [4.69, 9.17) is 5.73 Å². The molecule has 0 bridgehead atoms. The van der Waals surface area contributed by atoms with E-state index in [-0.39, 0.29) is 11.4 Å². The molecule has 2 aromatic rings. The van der Waals surface area contributed by atoms with Gasteiger partial charge in [0, 0.05) is 6.07 Å². The van der Waals surface area contributed by atoms with Crippen molar-refractivity contribution in [3.05, 3.63) is 59.4 Å². The van der Waals surface area contributed by atoms with Gasteiger partial charge in [-0.15, -0.1) is 0 Å². The number of hydrogen-bond acceptors (Lipinski definition) is 2. The Balaban J connectivity index is 2.31. The second-order valence-electron chi connectivity index (χ2n) is 3.78. The Kier molecular flexibility index (Phi) is 3.41. The molecule has 0 aliphatic carbocycles. The molecule has 0 aliphatic heterocycles. The van der Waals surface area contributed by atoms with E-state index in [2.05, 4.69) is 5.32 Å². The molecule has 98 valence electrons. The summed E-state index contributed by atoms with van der Waals surface area (Å²) in [6.45, 7) is 0. The van der Waals surface area contributed by atoms with Gasteiger partial charge in [-0.3, -0.25) is 4.79 Å². The summed E-state index contributed by atoms with van der Waals surface area (Å²) in [6.07, 6.45) is 0. The van der Waals surface area contributed by atoms with Crippen molar-refractivity contribution >= 4 is 17.3 Å². The third-order valence-corrected chi connectivity index (χ3v) is 2.46. The minimum absolute atomic E-state index is 0.0101. The van der Waals surface area contributed by atoms with Crippen LogP contribution in [0.1, 0.15) is 10.4 Å². The largest absolute Gasteiger partial charge is 0.397 e. The van der Waals surface area contributed by atoms with Gasteiger partial charge in [-0.05, 0) is 24.3 Å². The third-order valence-electron chi connectivity index (χ3n) is 2.46. The standard InChI is InChI=1S/C13H9F3N2O/c14-7-4-5-8(10(16)6-7)13(19)18-12-9(15)2-1-3-11(12)17/h1-6H,17H2,(H,18,19). The lowest BCUT2D eigenvalue weighted by Gasteiger charge is -2.09. The second-order valence-corrected chi connectivity index (χ2v) is 3.78. The minimum Gasteiger partial charge on any atom is -0.397 e. The Morgan fingerprint density at radius 3 is 2.42 bits per heavy atom. The molecule has 0 saturated heterocycles. The lowest BCUT2D eigenvalue weighted by atomic mass is 10.2. The molecule has 6 heteroatoms. The van der Waals surface area contributed by atoms with Crippen molar-refractivity contribution in [2.45, 2.75) is 0 Å². The van der Waals surface area contributed by atoms with Crippen molar-refractivity contribution < 1.29 is 18.0 Å². The number of nitrogens with one attached hydrogen (secondary N) is 1. The van der Waals surface area contributed by atoms with Crippen molar-refractivity contribution in [2.24, 2.45) is 0 Å². The number of amides is 1. The molecule has 0 fully saturated rings. The summed E-state index contributed by atoms with van der Waals surface area (Å²) in [7, 11) is 0. The highest BCUT2D eigenvalue weighted by Gasteiger charge is 2.15. The zero-order valence-corrected chi connectivity index (χ0v) is 9.58. The van der Waals surface area contributed by atoms with E-state index < -0.39 is 28.9 Å². The first kappa shape index (κ1) is 12.9. The predicted molar refractivity (Wildman–Crippen MR) is 65.1 cm³/mol. The van der Waals surface area contributed by atoms with Gasteiger partial charge in [0.1, 0.15) is 23.1 Å². The fourth-order valence-electron chi connectivity index (χ4n) is 1.53. The van der Waals surface area contributed by atoms with Gasteiger partial charge in [0.05, 0.1) is 11.3 Å². The highest BCUT2D eigenvalue weighted by atomic mass is 19.1. The van der Waals surface area contributed by atoms with Gasteiger partial charge in [0.25, 0.3) is 5.91 Å². The smallest absolute Gasteiger partial charge is 0.258 e. The van der Waals surface area contributed by atoms with Gasteiger partial charge in [0.15, 0.2) is 0 Å². The zero-order valence-electron chi connectivity index (χ0n) is 9.58. The van der Waals surface area contributed by atoms with Gasteiger partial charge in [-0.2, -0.15) is 0 Å². The van der Waals surface area contributed by atoms with Crippen molar-refractivity contribution in [2.75, 3.05) is 11.1 Å². The normalized spacial score (nSPS) is 10.3. The molecule has 0 atom stereocenters. The highest BCUT2D eigenvalue weighted by molar-refractivity contribution is 6.05. The molecule has 0 aromatic heterocycles. The lowest BCUT2D eigenvalue weighted by molar-refractivity contribution is 0.102. The lowest BCUT2D eigenvalue weighted by Crippen LogP contribution is -2.16. The average Bonchev–Trinajstić information content (AvgIpc) is 2.33. The molecule has 0 heterocycles. The maximum atomic E-state index is 13.4. The fourth-order valence-corrected chi connectivity index (χ4v) is 1.53. The molecule has 2 aromatic carbocycles. The van der Waals surface area contributed by atoms with Crippen LogP contribution < -0.4 is 11.1 Å². The summed E-state index contributed by atoms with van der Waals surface area (Å²) in [5, 5.41) is 2.15. The van der Waals surface area contributed by atoms with Crippen LogP contribution in [-0.4, -0.2) is 5.91 Å².